The maximum absolute atomic E-state index is 12.1. The molecule has 0 saturated heterocycles. The lowest BCUT2D eigenvalue weighted by Gasteiger charge is -2.10. The fourth-order valence-corrected chi connectivity index (χ4v) is 2.11. The standard InChI is InChI=1S/C21H17NO3/c1-16(21(23)22-17-8-4-2-5-9-17)24-19-12-14-20(15-13-19)25-18-10-6-3-7-11-18/h2-15H,1H2,(H,22,23). The van der Waals surface area contributed by atoms with Crippen LogP contribution in [0.3, 0.4) is 0 Å². The summed E-state index contributed by atoms with van der Waals surface area (Å²) in [6.07, 6.45) is 0. The smallest absolute Gasteiger partial charge is 0.290 e. The van der Waals surface area contributed by atoms with Crippen molar-refractivity contribution in [2.75, 3.05) is 5.32 Å². The third-order valence-corrected chi connectivity index (χ3v) is 3.33. The molecule has 0 saturated carbocycles. The first kappa shape index (κ1) is 16.3. The molecule has 0 aromatic heterocycles. The molecule has 4 heteroatoms. The molecule has 0 aliphatic heterocycles. The third-order valence-electron chi connectivity index (χ3n) is 3.33. The minimum Gasteiger partial charge on any atom is -0.457 e. The van der Waals surface area contributed by atoms with Crippen molar-refractivity contribution in [1.29, 1.82) is 0 Å². The van der Waals surface area contributed by atoms with E-state index in [1.807, 2.05) is 48.5 Å². The highest BCUT2D eigenvalue weighted by Crippen LogP contribution is 2.24. The van der Waals surface area contributed by atoms with Crippen LogP contribution in [0, 0.1) is 0 Å². The maximum atomic E-state index is 12.1. The van der Waals surface area contributed by atoms with Gasteiger partial charge in [-0.2, -0.15) is 0 Å². The highest BCUT2D eigenvalue weighted by molar-refractivity contribution is 6.02. The van der Waals surface area contributed by atoms with Gasteiger partial charge in [-0.25, -0.2) is 0 Å². The van der Waals surface area contributed by atoms with Crippen LogP contribution >= 0.6 is 0 Å². The minimum absolute atomic E-state index is 0.0144. The van der Waals surface area contributed by atoms with E-state index in [4.69, 9.17) is 9.47 Å². The van der Waals surface area contributed by atoms with Gasteiger partial charge >= 0.3 is 0 Å². The van der Waals surface area contributed by atoms with Crippen molar-refractivity contribution in [2.45, 2.75) is 0 Å². The van der Waals surface area contributed by atoms with E-state index in [2.05, 4.69) is 11.9 Å². The average molecular weight is 331 g/mol. The summed E-state index contributed by atoms with van der Waals surface area (Å²) in [6, 6.07) is 25.6. The quantitative estimate of drug-likeness (QED) is 0.510. The normalized spacial score (nSPS) is 9.92. The van der Waals surface area contributed by atoms with Crippen molar-refractivity contribution in [1.82, 2.24) is 0 Å². The van der Waals surface area contributed by atoms with Gasteiger partial charge in [0.1, 0.15) is 17.2 Å². The summed E-state index contributed by atoms with van der Waals surface area (Å²) in [5.41, 5.74) is 0.684. The Morgan fingerprint density at radius 3 is 1.88 bits per heavy atom. The molecule has 1 amide bonds. The maximum Gasteiger partial charge on any atom is 0.290 e. The number of amides is 1. The Morgan fingerprint density at radius 2 is 1.24 bits per heavy atom. The summed E-state index contributed by atoms with van der Waals surface area (Å²) in [5, 5.41) is 2.72. The van der Waals surface area contributed by atoms with Crippen molar-refractivity contribution in [3.05, 3.63) is 97.3 Å². The van der Waals surface area contributed by atoms with Gasteiger partial charge in [0.2, 0.25) is 0 Å². The minimum atomic E-state index is -0.393. The summed E-state index contributed by atoms with van der Waals surface area (Å²) in [4.78, 5) is 12.1. The lowest BCUT2D eigenvalue weighted by atomic mass is 10.3. The van der Waals surface area contributed by atoms with Gasteiger partial charge in [0.25, 0.3) is 5.91 Å². The number of rotatable bonds is 6. The Balaban J connectivity index is 1.57. The predicted molar refractivity (Wildman–Crippen MR) is 97.8 cm³/mol. The average Bonchev–Trinajstić information content (AvgIpc) is 2.65. The number of nitrogens with one attached hydrogen (secondary N) is 1. The topological polar surface area (TPSA) is 47.6 Å². The second-order valence-electron chi connectivity index (χ2n) is 5.23. The van der Waals surface area contributed by atoms with Gasteiger partial charge < -0.3 is 14.8 Å². The zero-order valence-electron chi connectivity index (χ0n) is 13.5. The first-order valence-corrected chi connectivity index (χ1v) is 7.77. The highest BCUT2D eigenvalue weighted by Gasteiger charge is 2.10. The van der Waals surface area contributed by atoms with Gasteiger partial charge in [0.05, 0.1) is 0 Å². The van der Waals surface area contributed by atoms with Crippen LogP contribution in [0.4, 0.5) is 5.69 Å². The predicted octanol–water partition coefficient (Wildman–Crippen LogP) is 5.01. The molecule has 0 bridgehead atoms. The van der Waals surface area contributed by atoms with Gasteiger partial charge in [-0.15, -0.1) is 0 Å². The summed E-state index contributed by atoms with van der Waals surface area (Å²) in [7, 11) is 0. The molecule has 0 spiro atoms. The molecule has 0 fully saturated rings. The van der Waals surface area contributed by atoms with Crippen LogP contribution in [0.15, 0.2) is 97.3 Å². The molecule has 3 aromatic rings. The van der Waals surface area contributed by atoms with Gasteiger partial charge in [-0.05, 0) is 48.5 Å². The summed E-state index contributed by atoms with van der Waals surface area (Å²) in [5.74, 6) is 1.56. The van der Waals surface area contributed by atoms with Crippen LogP contribution < -0.4 is 14.8 Å². The van der Waals surface area contributed by atoms with Gasteiger partial charge in [0.15, 0.2) is 5.76 Å². The zero-order chi connectivity index (χ0) is 17.5. The van der Waals surface area contributed by atoms with Crippen LogP contribution in [-0.4, -0.2) is 5.91 Å². The first-order chi connectivity index (χ1) is 12.2. The molecular formula is C21H17NO3. The second-order valence-corrected chi connectivity index (χ2v) is 5.23. The molecular weight excluding hydrogens is 314 g/mol. The Bertz CT molecular complexity index is 843. The van der Waals surface area contributed by atoms with Crippen molar-refractivity contribution < 1.29 is 14.3 Å². The lowest BCUT2D eigenvalue weighted by molar-refractivity contribution is -0.114. The van der Waals surface area contributed by atoms with E-state index in [0.717, 1.165) is 5.75 Å². The van der Waals surface area contributed by atoms with Crippen LogP contribution in [-0.2, 0) is 4.79 Å². The van der Waals surface area contributed by atoms with Crippen LogP contribution in [0.2, 0.25) is 0 Å². The van der Waals surface area contributed by atoms with Gasteiger partial charge in [0, 0.05) is 5.69 Å². The van der Waals surface area contributed by atoms with E-state index in [9.17, 15) is 4.79 Å². The van der Waals surface area contributed by atoms with Gasteiger partial charge in [-0.3, -0.25) is 4.79 Å². The van der Waals surface area contributed by atoms with Crippen LogP contribution in [0.5, 0.6) is 17.2 Å². The van der Waals surface area contributed by atoms with E-state index in [0.29, 0.717) is 17.2 Å². The van der Waals surface area contributed by atoms with Crippen LogP contribution in [0.1, 0.15) is 0 Å². The van der Waals surface area contributed by atoms with E-state index in [-0.39, 0.29) is 5.76 Å². The van der Waals surface area contributed by atoms with E-state index in [1.165, 1.54) is 0 Å². The number of anilines is 1. The molecule has 4 nitrogen and oxygen atoms in total. The Labute approximate surface area is 146 Å². The number of carbonyl (C=O) groups excluding carboxylic acids is 1. The molecule has 0 aliphatic rings. The third kappa shape index (κ3) is 4.72. The Morgan fingerprint density at radius 1 is 0.720 bits per heavy atom. The largest absolute Gasteiger partial charge is 0.457 e. The van der Waals surface area contributed by atoms with Crippen LogP contribution in [0.25, 0.3) is 0 Å². The monoisotopic (exact) mass is 331 g/mol. The molecule has 0 unspecified atom stereocenters. The number of hydrogen-bond donors (Lipinski definition) is 1. The Hall–Kier alpha value is -3.53. The number of carbonyl (C=O) groups is 1. The SMILES string of the molecule is C=C(Oc1ccc(Oc2ccccc2)cc1)C(=O)Nc1ccccc1. The fourth-order valence-electron chi connectivity index (χ4n) is 2.11. The molecule has 0 heterocycles. The van der Waals surface area contributed by atoms with E-state index in [1.54, 1.807) is 36.4 Å². The van der Waals surface area contributed by atoms with E-state index < -0.39 is 5.91 Å². The molecule has 124 valence electrons. The van der Waals surface area contributed by atoms with E-state index >= 15 is 0 Å². The van der Waals surface area contributed by atoms with Crippen molar-refractivity contribution in [2.24, 2.45) is 0 Å². The van der Waals surface area contributed by atoms with Crippen molar-refractivity contribution in [3.8, 4) is 17.2 Å². The number of benzene rings is 3. The summed E-state index contributed by atoms with van der Waals surface area (Å²) in [6.45, 7) is 3.67. The zero-order valence-corrected chi connectivity index (χ0v) is 13.5. The number of hydrogen-bond acceptors (Lipinski definition) is 3. The molecule has 3 aromatic carbocycles. The molecule has 25 heavy (non-hydrogen) atoms. The highest BCUT2D eigenvalue weighted by atomic mass is 16.5. The van der Waals surface area contributed by atoms with Crippen molar-refractivity contribution >= 4 is 11.6 Å². The molecule has 1 N–H and O–H groups in total. The molecule has 3 rings (SSSR count). The molecule has 0 radical (unpaired) electrons. The molecule has 0 atom stereocenters. The number of ether oxygens (including phenoxy) is 2. The second kappa shape index (κ2) is 7.84. The molecule has 0 aliphatic carbocycles. The summed E-state index contributed by atoms with van der Waals surface area (Å²) < 4.78 is 11.2. The van der Waals surface area contributed by atoms with Gasteiger partial charge in [-0.1, -0.05) is 43.0 Å². The summed E-state index contributed by atoms with van der Waals surface area (Å²) >= 11 is 0. The van der Waals surface area contributed by atoms with Crippen molar-refractivity contribution in [3.63, 3.8) is 0 Å². The lowest BCUT2D eigenvalue weighted by Crippen LogP contribution is -2.17. The number of para-hydroxylation sites is 2. The Kier molecular flexibility index (Phi) is 5.12. The first-order valence-electron chi connectivity index (χ1n) is 7.77. The fraction of sp³-hybridized carbons (Fsp3) is 0.